The molecule has 1 N–H and O–H groups in total. The Bertz CT molecular complexity index is 613. The minimum Gasteiger partial charge on any atom is -0.496 e. The van der Waals surface area contributed by atoms with E-state index in [1.807, 2.05) is 54.6 Å². The standard InChI is InChI=1S/C19H23NO3/c1-15(23-14-16-8-4-3-5-9-16)19(21)20-13-12-17-10-6-7-11-18(17)22-2/h3-11,15H,12-14H2,1-2H3,(H,20,21)/t15-/m1/s1. The van der Waals surface area contributed by atoms with Crippen molar-refractivity contribution >= 4 is 5.91 Å². The summed E-state index contributed by atoms with van der Waals surface area (Å²) < 4.78 is 10.9. The second kappa shape index (κ2) is 8.96. The molecule has 0 aliphatic rings. The van der Waals surface area contributed by atoms with Crippen LogP contribution in [0.25, 0.3) is 0 Å². The van der Waals surface area contributed by atoms with Gasteiger partial charge in [-0.1, -0.05) is 48.5 Å². The molecule has 1 atom stereocenters. The average Bonchev–Trinajstić information content (AvgIpc) is 2.60. The molecular formula is C19H23NO3. The van der Waals surface area contributed by atoms with E-state index in [0.29, 0.717) is 13.2 Å². The van der Waals surface area contributed by atoms with Crippen molar-refractivity contribution in [1.29, 1.82) is 0 Å². The molecule has 0 radical (unpaired) electrons. The summed E-state index contributed by atoms with van der Waals surface area (Å²) in [6.45, 7) is 2.75. The SMILES string of the molecule is COc1ccccc1CCNC(=O)[C@@H](C)OCc1ccccc1. The summed E-state index contributed by atoms with van der Waals surface area (Å²) >= 11 is 0. The largest absolute Gasteiger partial charge is 0.496 e. The van der Waals surface area contributed by atoms with Crippen molar-refractivity contribution in [3.05, 3.63) is 65.7 Å². The van der Waals surface area contributed by atoms with Gasteiger partial charge in [-0.2, -0.15) is 0 Å². The van der Waals surface area contributed by atoms with Gasteiger partial charge < -0.3 is 14.8 Å². The van der Waals surface area contributed by atoms with Crippen molar-refractivity contribution in [1.82, 2.24) is 5.32 Å². The number of benzene rings is 2. The molecule has 0 fully saturated rings. The minimum absolute atomic E-state index is 0.101. The Morgan fingerprint density at radius 3 is 2.52 bits per heavy atom. The summed E-state index contributed by atoms with van der Waals surface area (Å²) in [6.07, 6.45) is 0.245. The Morgan fingerprint density at radius 2 is 1.78 bits per heavy atom. The summed E-state index contributed by atoms with van der Waals surface area (Å²) in [7, 11) is 1.65. The van der Waals surface area contributed by atoms with Gasteiger partial charge in [0.2, 0.25) is 5.91 Å². The minimum atomic E-state index is -0.479. The van der Waals surface area contributed by atoms with Gasteiger partial charge in [0.15, 0.2) is 0 Å². The topological polar surface area (TPSA) is 47.6 Å². The lowest BCUT2D eigenvalue weighted by Gasteiger charge is -2.14. The monoisotopic (exact) mass is 313 g/mol. The molecule has 4 heteroatoms. The Hall–Kier alpha value is -2.33. The summed E-state index contributed by atoms with van der Waals surface area (Å²) in [6, 6.07) is 17.6. The van der Waals surface area contributed by atoms with Gasteiger partial charge in [0, 0.05) is 6.54 Å². The van der Waals surface area contributed by atoms with E-state index in [-0.39, 0.29) is 5.91 Å². The molecule has 0 unspecified atom stereocenters. The predicted octanol–water partition coefficient (Wildman–Crippen LogP) is 2.96. The molecule has 1 amide bonds. The molecular weight excluding hydrogens is 290 g/mol. The quantitative estimate of drug-likeness (QED) is 0.815. The fraction of sp³-hybridized carbons (Fsp3) is 0.316. The lowest BCUT2D eigenvalue weighted by Crippen LogP contribution is -2.35. The fourth-order valence-corrected chi connectivity index (χ4v) is 2.24. The fourth-order valence-electron chi connectivity index (χ4n) is 2.24. The zero-order valence-electron chi connectivity index (χ0n) is 13.6. The first-order chi connectivity index (χ1) is 11.2. The molecule has 0 heterocycles. The number of amides is 1. The van der Waals surface area contributed by atoms with Crippen LogP contribution in [0.5, 0.6) is 5.75 Å². The molecule has 0 bridgehead atoms. The third-order valence-corrected chi connectivity index (χ3v) is 3.60. The number of carbonyl (C=O) groups is 1. The highest BCUT2D eigenvalue weighted by Gasteiger charge is 2.13. The highest BCUT2D eigenvalue weighted by Crippen LogP contribution is 2.17. The zero-order chi connectivity index (χ0) is 16.5. The van der Waals surface area contributed by atoms with Crippen LogP contribution in [0.3, 0.4) is 0 Å². The van der Waals surface area contributed by atoms with E-state index >= 15 is 0 Å². The van der Waals surface area contributed by atoms with E-state index in [1.165, 1.54) is 0 Å². The van der Waals surface area contributed by atoms with E-state index in [4.69, 9.17) is 9.47 Å². The van der Waals surface area contributed by atoms with Gasteiger partial charge in [-0.05, 0) is 30.5 Å². The third kappa shape index (κ3) is 5.42. The van der Waals surface area contributed by atoms with Gasteiger partial charge in [0.1, 0.15) is 11.9 Å². The average molecular weight is 313 g/mol. The first-order valence-electron chi connectivity index (χ1n) is 7.76. The zero-order valence-corrected chi connectivity index (χ0v) is 13.6. The van der Waals surface area contributed by atoms with Crippen LogP contribution in [0.4, 0.5) is 0 Å². The van der Waals surface area contributed by atoms with E-state index in [1.54, 1.807) is 14.0 Å². The van der Waals surface area contributed by atoms with Crippen LogP contribution in [0, 0.1) is 0 Å². The number of hydrogen-bond acceptors (Lipinski definition) is 3. The van der Waals surface area contributed by atoms with Crippen LogP contribution in [-0.2, 0) is 22.6 Å². The second-order valence-corrected chi connectivity index (χ2v) is 5.29. The van der Waals surface area contributed by atoms with Crippen molar-refractivity contribution in [2.75, 3.05) is 13.7 Å². The third-order valence-electron chi connectivity index (χ3n) is 3.60. The molecule has 0 aliphatic heterocycles. The summed E-state index contributed by atoms with van der Waals surface area (Å²) in [4.78, 5) is 12.0. The van der Waals surface area contributed by atoms with Crippen LogP contribution in [-0.4, -0.2) is 25.7 Å². The van der Waals surface area contributed by atoms with Crippen LogP contribution in [0.15, 0.2) is 54.6 Å². The number of ether oxygens (including phenoxy) is 2. The van der Waals surface area contributed by atoms with Gasteiger partial charge in [0.25, 0.3) is 0 Å². The number of hydrogen-bond donors (Lipinski definition) is 1. The van der Waals surface area contributed by atoms with Crippen LogP contribution in [0.1, 0.15) is 18.1 Å². The van der Waals surface area contributed by atoms with Gasteiger partial charge in [-0.15, -0.1) is 0 Å². The van der Waals surface area contributed by atoms with Gasteiger partial charge >= 0.3 is 0 Å². The first-order valence-corrected chi connectivity index (χ1v) is 7.76. The molecule has 0 aromatic heterocycles. The van der Waals surface area contributed by atoms with Gasteiger partial charge in [-0.3, -0.25) is 4.79 Å². The van der Waals surface area contributed by atoms with Crippen molar-refractivity contribution in [3.63, 3.8) is 0 Å². The molecule has 2 rings (SSSR count). The summed E-state index contributed by atoms with van der Waals surface area (Å²) in [5.41, 5.74) is 2.13. The molecule has 122 valence electrons. The van der Waals surface area contributed by atoms with Crippen molar-refractivity contribution in [3.8, 4) is 5.75 Å². The maximum absolute atomic E-state index is 12.0. The van der Waals surface area contributed by atoms with Gasteiger partial charge in [-0.25, -0.2) is 0 Å². The highest BCUT2D eigenvalue weighted by atomic mass is 16.5. The van der Waals surface area contributed by atoms with Gasteiger partial charge in [0.05, 0.1) is 13.7 Å². The van der Waals surface area contributed by atoms with Crippen molar-refractivity contribution < 1.29 is 14.3 Å². The van der Waals surface area contributed by atoms with E-state index in [9.17, 15) is 4.79 Å². The summed E-state index contributed by atoms with van der Waals surface area (Å²) in [5.74, 6) is 0.742. The Kier molecular flexibility index (Phi) is 6.63. The molecule has 0 spiro atoms. The number of methoxy groups -OCH3 is 1. The maximum Gasteiger partial charge on any atom is 0.248 e. The smallest absolute Gasteiger partial charge is 0.248 e. The molecule has 0 aliphatic carbocycles. The lowest BCUT2D eigenvalue weighted by molar-refractivity contribution is -0.132. The number of rotatable bonds is 8. The highest BCUT2D eigenvalue weighted by molar-refractivity contribution is 5.80. The van der Waals surface area contributed by atoms with Crippen LogP contribution < -0.4 is 10.1 Å². The second-order valence-electron chi connectivity index (χ2n) is 5.29. The maximum atomic E-state index is 12.0. The normalized spacial score (nSPS) is 11.7. The lowest BCUT2D eigenvalue weighted by atomic mass is 10.1. The van der Waals surface area contributed by atoms with E-state index in [2.05, 4.69) is 5.32 Å². The molecule has 4 nitrogen and oxygen atoms in total. The van der Waals surface area contributed by atoms with E-state index in [0.717, 1.165) is 23.3 Å². The molecule has 0 saturated carbocycles. The Balaban J connectivity index is 1.73. The molecule has 0 saturated heterocycles. The first kappa shape index (κ1) is 17.0. The molecule has 23 heavy (non-hydrogen) atoms. The molecule has 2 aromatic carbocycles. The predicted molar refractivity (Wildman–Crippen MR) is 90.4 cm³/mol. The molecule has 2 aromatic rings. The van der Waals surface area contributed by atoms with Crippen molar-refractivity contribution in [2.45, 2.75) is 26.1 Å². The number of para-hydroxylation sites is 1. The Morgan fingerprint density at radius 1 is 1.09 bits per heavy atom. The Labute approximate surface area is 137 Å². The summed E-state index contributed by atoms with van der Waals surface area (Å²) in [5, 5.41) is 2.90. The number of nitrogens with one attached hydrogen (secondary N) is 1. The van der Waals surface area contributed by atoms with E-state index < -0.39 is 6.10 Å². The van der Waals surface area contributed by atoms with Crippen LogP contribution in [0.2, 0.25) is 0 Å². The van der Waals surface area contributed by atoms with Crippen LogP contribution >= 0.6 is 0 Å². The van der Waals surface area contributed by atoms with Crippen molar-refractivity contribution in [2.24, 2.45) is 0 Å². The number of carbonyl (C=O) groups excluding carboxylic acids is 1.